The lowest BCUT2D eigenvalue weighted by molar-refractivity contribution is 0.502. The fraction of sp³-hybridized carbons (Fsp3) is 0.571. The standard InChI is InChI=1S/C14H21N5S/c1-9-3-2-4-10(6-5-9)16-12-11-7-8-20-13(11)18-14(17-12)19-15/h7-10H,2-6,15H2,1H3,(H2,16,17,18,19). The van der Waals surface area contributed by atoms with E-state index in [4.69, 9.17) is 5.84 Å². The van der Waals surface area contributed by atoms with E-state index in [1.165, 1.54) is 32.1 Å². The second kappa shape index (κ2) is 5.93. The second-order valence-electron chi connectivity index (χ2n) is 5.63. The monoisotopic (exact) mass is 291 g/mol. The highest BCUT2D eigenvalue weighted by Crippen LogP contribution is 2.29. The molecule has 0 aromatic carbocycles. The number of hydrogen-bond donors (Lipinski definition) is 3. The minimum absolute atomic E-state index is 0.476. The number of anilines is 2. The first kappa shape index (κ1) is 13.6. The number of nitrogens with one attached hydrogen (secondary N) is 2. The van der Waals surface area contributed by atoms with Gasteiger partial charge >= 0.3 is 0 Å². The van der Waals surface area contributed by atoms with Gasteiger partial charge in [0.25, 0.3) is 0 Å². The maximum atomic E-state index is 5.46. The summed E-state index contributed by atoms with van der Waals surface area (Å²) in [5.74, 6) is 7.68. The lowest BCUT2D eigenvalue weighted by Gasteiger charge is -2.18. The number of hydrazine groups is 1. The van der Waals surface area contributed by atoms with E-state index in [0.29, 0.717) is 12.0 Å². The Hall–Kier alpha value is -1.40. The molecular weight excluding hydrogens is 270 g/mol. The smallest absolute Gasteiger partial charge is 0.240 e. The van der Waals surface area contributed by atoms with E-state index in [1.54, 1.807) is 11.3 Å². The third-order valence-electron chi connectivity index (χ3n) is 4.05. The number of nitrogens with two attached hydrogens (primary N) is 1. The molecule has 0 aliphatic heterocycles. The molecule has 0 amide bonds. The normalized spacial score (nSPS) is 23.5. The summed E-state index contributed by atoms with van der Waals surface area (Å²) in [5.41, 5.74) is 2.55. The van der Waals surface area contributed by atoms with E-state index < -0.39 is 0 Å². The highest BCUT2D eigenvalue weighted by Gasteiger charge is 2.18. The van der Waals surface area contributed by atoms with E-state index in [2.05, 4.69) is 33.7 Å². The van der Waals surface area contributed by atoms with Crippen molar-refractivity contribution < 1.29 is 0 Å². The van der Waals surface area contributed by atoms with Gasteiger partial charge in [0, 0.05) is 6.04 Å². The molecule has 1 saturated carbocycles. The molecule has 20 heavy (non-hydrogen) atoms. The van der Waals surface area contributed by atoms with Crippen LogP contribution in [-0.4, -0.2) is 16.0 Å². The van der Waals surface area contributed by atoms with Crippen LogP contribution in [0.15, 0.2) is 11.4 Å². The van der Waals surface area contributed by atoms with Gasteiger partial charge in [-0.25, -0.2) is 10.8 Å². The van der Waals surface area contributed by atoms with Gasteiger partial charge in [-0.2, -0.15) is 4.98 Å². The van der Waals surface area contributed by atoms with Crippen LogP contribution in [0.25, 0.3) is 10.2 Å². The fourth-order valence-electron chi connectivity index (χ4n) is 2.85. The summed E-state index contributed by atoms with van der Waals surface area (Å²) in [7, 11) is 0. The van der Waals surface area contributed by atoms with Crippen molar-refractivity contribution >= 4 is 33.3 Å². The van der Waals surface area contributed by atoms with Crippen LogP contribution in [0.2, 0.25) is 0 Å². The summed E-state index contributed by atoms with van der Waals surface area (Å²) < 4.78 is 0. The van der Waals surface area contributed by atoms with E-state index >= 15 is 0 Å². The van der Waals surface area contributed by atoms with Crippen LogP contribution >= 0.6 is 11.3 Å². The average molecular weight is 291 g/mol. The quantitative estimate of drug-likeness (QED) is 0.459. The van der Waals surface area contributed by atoms with Crippen LogP contribution in [-0.2, 0) is 0 Å². The summed E-state index contributed by atoms with van der Waals surface area (Å²) in [5, 5.41) is 6.74. The molecule has 0 bridgehead atoms. The van der Waals surface area contributed by atoms with E-state index in [0.717, 1.165) is 22.0 Å². The van der Waals surface area contributed by atoms with Gasteiger partial charge in [-0.15, -0.1) is 11.3 Å². The lowest BCUT2D eigenvalue weighted by Crippen LogP contribution is -2.20. The highest BCUT2D eigenvalue weighted by molar-refractivity contribution is 7.16. The van der Waals surface area contributed by atoms with E-state index in [9.17, 15) is 0 Å². The van der Waals surface area contributed by atoms with Crippen molar-refractivity contribution in [2.24, 2.45) is 11.8 Å². The molecule has 2 aromatic heterocycles. The van der Waals surface area contributed by atoms with Crippen LogP contribution < -0.4 is 16.6 Å². The molecule has 0 saturated heterocycles. The number of fused-ring (bicyclic) bond motifs is 1. The molecule has 2 unspecified atom stereocenters. The first-order valence-electron chi connectivity index (χ1n) is 7.24. The van der Waals surface area contributed by atoms with Crippen LogP contribution in [0.1, 0.15) is 39.0 Å². The Morgan fingerprint density at radius 1 is 1.25 bits per heavy atom. The van der Waals surface area contributed by atoms with Gasteiger partial charge in [-0.3, -0.25) is 5.43 Å². The SMILES string of the molecule is CC1CCCC(Nc2nc(NN)nc3sccc23)CC1. The average Bonchev–Trinajstić information content (AvgIpc) is 2.83. The first-order chi connectivity index (χ1) is 9.76. The number of nitrogen functional groups attached to an aromatic ring is 1. The third-order valence-corrected chi connectivity index (χ3v) is 4.86. The number of nitrogens with zero attached hydrogens (tertiary/aromatic N) is 2. The van der Waals surface area contributed by atoms with Gasteiger partial charge < -0.3 is 5.32 Å². The van der Waals surface area contributed by atoms with Gasteiger partial charge in [0.1, 0.15) is 10.6 Å². The number of hydrogen-bond acceptors (Lipinski definition) is 6. The maximum Gasteiger partial charge on any atom is 0.240 e. The van der Waals surface area contributed by atoms with Crippen molar-refractivity contribution in [2.75, 3.05) is 10.7 Å². The minimum Gasteiger partial charge on any atom is -0.367 e. The van der Waals surface area contributed by atoms with E-state index in [1.807, 2.05) is 5.38 Å². The van der Waals surface area contributed by atoms with Gasteiger partial charge in [0.05, 0.1) is 5.39 Å². The molecule has 6 heteroatoms. The molecule has 2 atom stereocenters. The van der Waals surface area contributed by atoms with Gasteiger partial charge in [0.2, 0.25) is 5.95 Å². The molecule has 1 fully saturated rings. The molecule has 108 valence electrons. The Morgan fingerprint density at radius 3 is 3.00 bits per heavy atom. The predicted octanol–water partition coefficient (Wildman–Crippen LogP) is 3.36. The Bertz CT molecular complexity index is 582. The summed E-state index contributed by atoms with van der Waals surface area (Å²) in [6.45, 7) is 2.35. The van der Waals surface area contributed by atoms with Crippen molar-refractivity contribution in [3.63, 3.8) is 0 Å². The van der Waals surface area contributed by atoms with Crippen molar-refractivity contribution in [2.45, 2.75) is 45.1 Å². The zero-order valence-electron chi connectivity index (χ0n) is 11.7. The third kappa shape index (κ3) is 2.86. The number of thiophene rings is 1. The molecule has 2 aromatic rings. The number of rotatable bonds is 3. The molecule has 1 aliphatic carbocycles. The summed E-state index contributed by atoms with van der Waals surface area (Å²) >= 11 is 1.61. The molecule has 1 aliphatic rings. The molecule has 0 radical (unpaired) electrons. The van der Waals surface area contributed by atoms with Gasteiger partial charge in [-0.1, -0.05) is 19.8 Å². The van der Waals surface area contributed by atoms with Crippen LogP contribution in [0, 0.1) is 5.92 Å². The Morgan fingerprint density at radius 2 is 2.15 bits per heavy atom. The Balaban J connectivity index is 1.84. The van der Waals surface area contributed by atoms with Crippen LogP contribution in [0.3, 0.4) is 0 Å². The zero-order chi connectivity index (χ0) is 13.9. The molecular formula is C14H21N5S. The number of aromatic nitrogens is 2. The first-order valence-corrected chi connectivity index (χ1v) is 8.12. The summed E-state index contributed by atoms with van der Waals surface area (Å²) in [4.78, 5) is 9.82. The Labute approximate surface area is 123 Å². The molecule has 5 nitrogen and oxygen atoms in total. The van der Waals surface area contributed by atoms with E-state index in [-0.39, 0.29) is 0 Å². The molecule has 3 rings (SSSR count). The van der Waals surface area contributed by atoms with Gasteiger partial charge in [0.15, 0.2) is 0 Å². The fourth-order valence-corrected chi connectivity index (χ4v) is 3.62. The highest BCUT2D eigenvalue weighted by atomic mass is 32.1. The zero-order valence-corrected chi connectivity index (χ0v) is 12.5. The second-order valence-corrected chi connectivity index (χ2v) is 6.53. The van der Waals surface area contributed by atoms with Crippen molar-refractivity contribution in [3.8, 4) is 0 Å². The minimum atomic E-state index is 0.476. The predicted molar refractivity (Wildman–Crippen MR) is 84.9 cm³/mol. The van der Waals surface area contributed by atoms with Crippen molar-refractivity contribution in [1.82, 2.24) is 9.97 Å². The van der Waals surface area contributed by atoms with Crippen LogP contribution in [0.4, 0.5) is 11.8 Å². The largest absolute Gasteiger partial charge is 0.367 e. The lowest BCUT2D eigenvalue weighted by atomic mass is 10.0. The summed E-state index contributed by atoms with van der Waals surface area (Å²) in [6.07, 6.45) is 6.34. The Kier molecular flexibility index (Phi) is 4.03. The van der Waals surface area contributed by atoms with Crippen molar-refractivity contribution in [1.29, 1.82) is 0 Å². The summed E-state index contributed by atoms with van der Waals surface area (Å²) in [6, 6.07) is 2.57. The van der Waals surface area contributed by atoms with Crippen LogP contribution in [0.5, 0.6) is 0 Å². The molecule has 4 N–H and O–H groups in total. The van der Waals surface area contributed by atoms with Crippen molar-refractivity contribution in [3.05, 3.63) is 11.4 Å². The molecule has 2 heterocycles. The maximum absolute atomic E-state index is 5.46. The van der Waals surface area contributed by atoms with Gasteiger partial charge in [-0.05, 0) is 36.6 Å². The molecule has 0 spiro atoms. The topological polar surface area (TPSA) is 75.9 Å².